The standard InChI is InChI=1S/C8H12N2OS/c1-7(4-6-11)12-8-3-2-5-9-10-8/h2-3,5,7,11H,4,6H2,1H3. The van der Waals surface area contributed by atoms with Gasteiger partial charge in [0, 0.05) is 18.1 Å². The summed E-state index contributed by atoms with van der Waals surface area (Å²) < 4.78 is 0. The fourth-order valence-corrected chi connectivity index (χ4v) is 1.68. The Kier molecular flexibility index (Phi) is 4.04. The maximum absolute atomic E-state index is 8.67. The lowest BCUT2D eigenvalue weighted by atomic mass is 10.3. The van der Waals surface area contributed by atoms with E-state index in [1.807, 2.05) is 12.1 Å². The summed E-state index contributed by atoms with van der Waals surface area (Å²) in [5.74, 6) is 0. The smallest absolute Gasteiger partial charge is 0.119 e. The molecular weight excluding hydrogens is 172 g/mol. The Morgan fingerprint density at radius 2 is 2.50 bits per heavy atom. The summed E-state index contributed by atoms with van der Waals surface area (Å²) in [6.07, 6.45) is 2.45. The van der Waals surface area contributed by atoms with Crippen LogP contribution in [0, 0.1) is 0 Å². The number of thioether (sulfide) groups is 1. The minimum Gasteiger partial charge on any atom is -0.396 e. The van der Waals surface area contributed by atoms with E-state index in [4.69, 9.17) is 5.11 Å². The van der Waals surface area contributed by atoms with Crippen molar-refractivity contribution in [1.82, 2.24) is 10.2 Å². The van der Waals surface area contributed by atoms with Crippen molar-refractivity contribution in [1.29, 1.82) is 0 Å². The first-order valence-corrected chi connectivity index (χ1v) is 4.76. The van der Waals surface area contributed by atoms with E-state index in [1.54, 1.807) is 18.0 Å². The highest BCUT2D eigenvalue weighted by molar-refractivity contribution is 7.99. The van der Waals surface area contributed by atoms with E-state index in [-0.39, 0.29) is 6.61 Å². The van der Waals surface area contributed by atoms with Gasteiger partial charge in [0.2, 0.25) is 0 Å². The molecule has 1 heterocycles. The SMILES string of the molecule is CC(CCO)Sc1cccnn1. The van der Waals surface area contributed by atoms with Gasteiger partial charge in [-0.25, -0.2) is 0 Å². The maximum Gasteiger partial charge on any atom is 0.119 e. The number of aliphatic hydroxyl groups excluding tert-OH is 1. The molecular formula is C8H12N2OS. The van der Waals surface area contributed by atoms with Crippen molar-refractivity contribution >= 4 is 11.8 Å². The van der Waals surface area contributed by atoms with E-state index < -0.39 is 0 Å². The molecule has 0 aliphatic rings. The van der Waals surface area contributed by atoms with Gasteiger partial charge in [-0.1, -0.05) is 6.92 Å². The average molecular weight is 184 g/mol. The molecule has 0 saturated heterocycles. The van der Waals surface area contributed by atoms with E-state index in [0.29, 0.717) is 5.25 Å². The molecule has 1 aromatic rings. The minimum absolute atomic E-state index is 0.231. The second kappa shape index (κ2) is 5.11. The van der Waals surface area contributed by atoms with Crippen molar-refractivity contribution in [2.75, 3.05) is 6.61 Å². The van der Waals surface area contributed by atoms with Crippen LogP contribution in [0.3, 0.4) is 0 Å². The summed E-state index contributed by atoms with van der Waals surface area (Å²) in [7, 11) is 0. The fraction of sp³-hybridized carbons (Fsp3) is 0.500. The molecule has 0 saturated carbocycles. The quantitative estimate of drug-likeness (QED) is 0.717. The van der Waals surface area contributed by atoms with Crippen molar-refractivity contribution in [2.45, 2.75) is 23.6 Å². The van der Waals surface area contributed by atoms with E-state index in [1.165, 1.54) is 0 Å². The van der Waals surface area contributed by atoms with E-state index in [9.17, 15) is 0 Å². The zero-order valence-corrected chi connectivity index (χ0v) is 7.79. The molecule has 0 aliphatic heterocycles. The number of aromatic nitrogens is 2. The minimum atomic E-state index is 0.231. The molecule has 0 amide bonds. The van der Waals surface area contributed by atoms with Crippen LogP contribution in [-0.2, 0) is 0 Å². The molecule has 66 valence electrons. The van der Waals surface area contributed by atoms with Crippen molar-refractivity contribution < 1.29 is 5.11 Å². The van der Waals surface area contributed by atoms with Gasteiger partial charge in [-0.3, -0.25) is 0 Å². The Labute approximate surface area is 76.2 Å². The van der Waals surface area contributed by atoms with Gasteiger partial charge in [-0.05, 0) is 18.6 Å². The first-order valence-electron chi connectivity index (χ1n) is 3.88. The van der Waals surface area contributed by atoms with Gasteiger partial charge in [-0.2, -0.15) is 5.10 Å². The highest BCUT2D eigenvalue weighted by atomic mass is 32.2. The molecule has 3 nitrogen and oxygen atoms in total. The third-order valence-corrected chi connectivity index (χ3v) is 2.50. The largest absolute Gasteiger partial charge is 0.396 e. The molecule has 1 unspecified atom stereocenters. The highest BCUT2D eigenvalue weighted by Crippen LogP contribution is 2.21. The molecule has 1 aromatic heterocycles. The molecule has 12 heavy (non-hydrogen) atoms. The van der Waals surface area contributed by atoms with Crippen LogP contribution in [0.15, 0.2) is 23.4 Å². The van der Waals surface area contributed by atoms with E-state index in [2.05, 4.69) is 17.1 Å². The lowest BCUT2D eigenvalue weighted by molar-refractivity contribution is 0.289. The Morgan fingerprint density at radius 1 is 1.67 bits per heavy atom. The molecule has 0 radical (unpaired) electrons. The van der Waals surface area contributed by atoms with Gasteiger partial charge in [0.05, 0.1) is 0 Å². The molecule has 1 N–H and O–H groups in total. The van der Waals surface area contributed by atoms with Crippen LogP contribution in [-0.4, -0.2) is 27.2 Å². The van der Waals surface area contributed by atoms with Crippen molar-refractivity contribution in [3.05, 3.63) is 18.3 Å². The van der Waals surface area contributed by atoms with Crippen LogP contribution in [0.2, 0.25) is 0 Å². The van der Waals surface area contributed by atoms with Gasteiger partial charge in [0.15, 0.2) is 0 Å². The molecule has 4 heteroatoms. The maximum atomic E-state index is 8.67. The molecule has 0 spiro atoms. The molecule has 1 rings (SSSR count). The number of hydrogen-bond donors (Lipinski definition) is 1. The highest BCUT2D eigenvalue weighted by Gasteiger charge is 2.03. The van der Waals surface area contributed by atoms with Crippen molar-refractivity contribution in [3.63, 3.8) is 0 Å². The predicted octanol–water partition coefficient (Wildman–Crippen LogP) is 1.34. The Morgan fingerprint density at radius 3 is 3.08 bits per heavy atom. The zero-order valence-electron chi connectivity index (χ0n) is 6.97. The first-order chi connectivity index (χ1) is 5.83. The second-order valence-corrected chi connectivity index (χ2v) is 3.96. The van der Waals surface area contributed by atoms with Gasteiger partial charge >= 0.3 is 0 Å². The molecule has 0 fully saturated rings. The summed E-state index contributed by atoms with van der Waals surface area (Å²) in [6.45, 7) is 2.30. The Bertz CT molecular complexity index is 218. The van der Waals surface area contributed by atoms with Crippen LogP contribution in [0.5, 0.6) is 0 Å². The van der Waals surface area contributed by atoms with Crippen molar-refractivity contribution in [2.24, 2.45) is 0 Å². The summed E-state index contributed by atoms with van der Waals surface area (Å²) >= 11 is 1.63. The third-order valence-electron chi connectivity index (χ3n) is 1.41. The van der Waals surface area contributed by atoms with E-state index >= 15 is 0 Å². The lowest BCUT2D eigenvalue weighted by Crippen LogP contribution is -1.99. The van der Waals surface area contributed by atoms with Gasteiger partial charge < -0.3 is 5.11 Å². The van der Waals surface area contributed by atoms with Crippen LogP contribution >= 0.6 is 11.8 Å². The monoisotopic (exact) mass is 184 g/mol. The first kappa shape index (κ1) is 9.48. The molecule has 1 atom stereocenters. The summed E-state index contributed by atoms with van der Waals surface area (Å²) in [4.78, 5) is 0. The van der Waals surface area contributed by atoms with Crippen molar-refractivity contribution in [3.8, 4) is 0 Å². The zero-order chi connectivity index (χ0) is 8.81. The van der Waals surface area contributed by atoms with Crippen LogP contribution in [0.1, 0.15) is 13.3 Å². The number of nitrogens with zero attached hydrogens (tertiary/aromatic N) is 2. The van der Waals surface area contributed by atoms with Gasteiger partial charge in [0.25, 0.3) is 0 Å². The summed E-state index contributed by atoms with van der Waals surface area (Å²) in [5.41, 5.74) is 0. The molecule has 0 aliphatic carbocycles. The van der Waals surface area contributed by atoms with Crippen LogP contribution < -0.4 is 0 Å². The summed E-state index contributed by atoms with van der Waals surface area (Å²) in [5, 5.41) is 17.7. The lowest BCUT2D eigenvalue weighted by Gasteiger charge is -2.06. The van der Waals surface area contributed by atoms with Gasteiger partial charge in [0.1, 0.15) is 5.03 Å². The van der Waals surface area contributed by atoms with E-state index in [0.717, 1.165) is 11.4 Å². The average Bonchev–Trinajstić information content (AvgIpc) is 2.06. The molecule has 0 aromatic carbocycles. The van der Waals surface area contributed by atoms with Gasteiger partial charge in [-0.15, -0.1) is 16.9 Å². The molecule has 0 bridgehead atoms. The number of aliphatic hydroxyl groups is 1. The Balaban J connectivity index is 2.41. The van der Waals surface area contributed by atoms with Crippen LogP contribution in [0.4, 0.5) is 0 Å². The topological polar surface area (TPSA) is 46.0 Å². The normalized spacial score (nSPS) is 12.8. The fourth-order valence-electron chi connectivity index (χ4n) is 0.797. The third kappa shape index (κ3) is 3.19. The second-order valence-electron chi connectivity index (χ2n) is 2.50. The van der Waals surface area contributed by atoms with Crippen LogP contribution in [0.25, 0.3) is 0 Å². The Hall–Kier alpha value is -0.610. The number of rotatable bonds is 4. The predicted molar refractivity (Wildman–Crippen MR) is 49.1 cm³/mol. The number of hydrogen-bond acceptors (Lipinski definition) is 4. The summed E-state index contributed by atoms with van der Waals surface area (Å²) in [6, 6.07) is 3.78.